The van der Waals surface area contributed by atoms with Crippen LogP contribution in [0.25, 0.3) is 0 Å². The maximum absolute atomic E-state index is 14.7. The number of nitrogens with zero attached hydrogens (tertiary/aromatic N) is 13. The molecule has 8 amide bonds. The summed E-state index contributed by atoms with van der Waals surface area (Å²) < 4.78 is 84.4. The Kier molecular flexibility index (Phi) is 30.3. The van der Waals surface area contributed by atoms with Gasteiger partial charge in [-0.2, -0.15) is 25.7 Å². The van der Waals surface area contributed by atoms with E-state index in [2.05, 4.69) is 41.7 Å². The Labute approximate surface area is 803 Å². The molecule has 2 saturated heterocycles. The fourth-order valence-electron chi connectivity index (χ4n) is 15.5. The van der Waals surface area contributed by atoms with Gasteiger partial charge in [-0.05, 0) is 177 Å². The Hall–Kier alpha value is -15.6. The van der Waals surface area contributed by atoms with Gasteiger partial charge in [0.2, 0.25) is 0 Å². The zero-order chi connectivity index (χ0) is 96.4. The molecule has 0 atom stereocenters. The molecule has 4 N–H and O–H groups in total. The summed E-state index contributed by atoms with van der Waals surface area (Å²) >= 11 is 6.35. The maximum Gasteiger partial charge on any atom is 0.257 e. The fourth-order valence-corrected chi connectivity index (χ4v) is 15.8. The number of fused-ring (bicyclic) bond motifs is 4. The summed E-state index contributed by atoms with van der Waals surface area (Å²) in [6, 6.07) is 42.0. The minimum absolute atomic E-state index is 0. The van der Waals surface area contributed by atoms with Crippen molar-refractivity contribution >= 4 is 82.1 Å². The number of ether oxygens (including phenoxy) is 8. The number of anilines is 4. The van der Waals surface area contributed by atoms with E-state index in [1.807, 2.05) is 66.4 Å². The first-order valence-corrected chi connectivity index (χ1v) is 43.7. The molecular formula is C102H112ClF2N17O16. The van der Waals surface area contributed by atoms with Gasteiger partial charge in [0.05, 0.1) is 27.8 Å². The molecule has 0 spiro atoms. The number of aryl methyl sites for hydroxylation is 4. The van der Waals surface area contributed by atoms with Crippen molar-refractivity contribution < 1.29 is 85.0 Å². The molecule has 18 rings (SSSR count). The van der Waals surface area contributed by atoms with Crippen molar-refractivity contribution in [1.29, 1.82) is 5.26 Å². The molecule has 8 aromatic carbocycles. The van der Waals surface area contributed by atoms with Gasteiger partial charge in [-0.25, -0.2) is 8.78 Å². The number of carbonyl (C=O) groups excluding carboxylic acids is 8. The molecule has 36 heteroatoms. The third-order valence-corrected chi connectivity index (χ3v) is 22.7. The lowest BCUT2D eigenvalue weighted by molar-refractivity contribution is 0.0641. The Morgan fingerprint density at radius 2 is 0.696 bits per heavy atom. The van der Waals surface area contributed by atoms with Crippen molar-refractivity contribution in [3.63, 3.8) is 0 Å². The van der Waals surface area contributed by atoms with Gasteiger partial charge in [-0.3, -0.25) is 57.1 Å². The van der Waals surface area contributed by atoms with Crippen LogP contribution < -0.4 is 59.2 Å². The molecule has 33 nitrogen and oxygen atoms in total. The van der Waals surface area contributed by atoms with Crippen LogP contribution in [0, 0.1) is 23.0 Å². The summed E-state index contributed by atoms with van der Waals surface area (Å²) in [7, 11) is 11.8. The minimum Gasteiger partial charge on any atom is -0.487 e. The predicted molar refractivity (Wildman–Crippen MR) is 517 cm³/mol. The van der Waals surface area contributed by atoms with E-state index in [0.717, 1.165) is 59.2 Å². The molecule has 2 fully saturated rings. The molecule has 722 valence electrons. The highest BCUT2D eigenvalue weighted by atomic mass is 35.5. The van der Waals surface area contributed by atoms with E-state index in [1.54, 1.807) is 212 Å². The maximum atomic E-state index is 14.7. The summed E-state index contributed by atoms with van der Waals surface area (Å²) in [6.07, 6.45) is 11.3. The number of likely N-dealkylation sites (tertiary alicyclic amines) is 2. The number of halogens is 3. The smallest absolute Gasteiger partial charge is 0.257 e. The van der Waals surface area contributed by atoms with E-state index in [9.17, 15) is 47.1 Å². The van der Waals surface area contributed by atoms with Gasteiger partial charge in [0.1, 0.15) is 110 Å². The lowest BCUT2D eigenvalue weighted by Crippen LogP contribution is -2.42. The second-order valence-electron chi connectivity index (χ2n) is 35.9. The Morgan fingerprint density at radius 1 is 0.399 bits per heavy atom. The van der Waals surface area contributed by atoms with Crippen LogP contribution in [0.15, 0.2) is 176 Å². The highest BCUT2D eigenvalue weighted by Crippen LogP contribution is 2.49. The summed E-state index contributed by atoms with van der Waals surface area (Å²) in [5.74, 6) is 3.27. The first kappa shape index (κ1) is 101. The molecule has 0 radical (unpaired) electrons. The lowest BCUT2D eigenvalue weighted by atomic mass is 9.99. The molecule has 4 aromatic heterocycles. The van der Waals surface area contributed by atoms with E-state index < -0.39 is 45.9 Å². The molecule has 0 bridgehead atoms. The fraction of sp³-hybridized carbons (Fsp3) is 0.324. The van der Waals surface area contributed by atoms with Crippen molar-refractivity contribution in [1.82, 2.24) is 58.7 Å². The molecule has 6 aliphatic heterocycles. The van der Waals surface area contributed by atoms with Gasteiger partial charge in [0.25, 0.3) is 47.3 Å². The van der Waals surface area contributed by atoms with E-state index in [4.69, 9.17) is 54.8 Å². The van der Waals surface area contributed by atoms with E-state index in [0.29, 0.717) is 147 Å². The standard InChI is InChI=1S/C25H24FN5O4.C25H25FN4O4.C25H26N4O4.C24H25ClN4O4.3CH4/c1-25(2)14-18-20(34-16-5-6-17(19(26)13-16)24(33)30(3)10-8-27)11-15(12-21(18)35-25)23(32)28-22-7-9-31(4)29-22;1-25(2)14-18-20(33-16-5-6-17(19(26)13-16)24(32)30-8-4-9-30)11-15(12-21(18)34-25)23(31)27-22-7-10-29(3)28-22;1-25(2)15-19-20(32-18-7-5-16(6-8-18)24(31)29-10-4-11-29)13-17(14-21(19)33-25)23(30)26-22-9-12-28(3)27-22;1-24(2)13-17-19(32-15-6-7-16(18(25)12-15)23(31)28(3)4)10-14(11-20(17)33-24)22(30)26-21-8-9-29(5)27-21;;;/h5-7,9,11-13H,10,14H2,1-4H3,(H,28,29,32);5-7,10-13H,4,8-9,14H2,1-3H3,(H,27,28,31);5-9,12-14H,4,10-11,15H2,1-3H3,(H,26,27,30);6-12H,13H2,1-5H3,(H,26,27,30);3*1H4. The van der Waals surface area contributed by atoms with Crippen LogP contribution in [-0.2, 0) is 53.9 Å². The molecule has 10 heterocycles. The third kappa shape index (κ3) is 23.8. The average Bonchev–Trinajstić information content (AvgIpc) is 1.62. The number of nitriles is 1. The predicted octanol–water partition coefficient (Wildman–Crippen LogP) is 18.5. The molecule has 12 aromatic rings. The number of benzene rings is 8. The normalized spacial score (nSPS) is 14.4. The van der Waals surface area contributed by atoms with E-state index in [-0.39, 0.29) is 97.5 Å². The van der Waals surface area contributed by atoms with Gasteiger partial charge in [0.15, 0.2) is 23.3 Å². The third-order valence-electron chi connectivity index (χ3n) is 22.4. The summed E-state index contributed by atoms with van der Waals surface area (Å²) in [5, 5.41) is 36.8. The number of aromatic nitrogens is 8. The van der Waals surface area contributed by atoms with Gasteiger partial charge in [-0.15, -0.1) is 0 Å². The number of carbonyl (C=O) groups is 8. The van der Waals surface area contributed by atoms with Crippen LogP contribution >= 0.6 is 11.6 Å². The van der Waals surface area contributed by atoms with Gasteiger partial charge in [-0.1, -0.05) is 33.9 Å². The first-order valence-electron chi connectivity index (χ1n) is 43.3. The number of hydrogen-bond acceptors (Lipinski definition) is 21. The van der Waals surface area contributed by atoms with Crippen LogP contribution in [-0.4, -0.2) is 182 Å². The monoisotopic (exact) mass is 1900 g/mol. The zero-order valence-electron chi connectivity index (χ0n) is 77.0. The highest BCUT2D eigenvalue weighted by Gasteiger charge is 2.40. The SMILES string of the molecule is C.C.C.CN(C)C(=O)c1ccc(Oc2cc(C(=O)Nc3ccn(C)n3)cc3c2CC(C)(C)O3)cc1Cl.CN(CC#N)C(=O)c1ccc(Oc2cc(C(=O)Nc3ccn(C)n3)cc3c2CC(C)(C)O3)cc1F.Cn1ccc(NC(=O)c2cc(Oc3ccc(C(=O)N4CCC4)c(F)c3)c3c(c2)OC(C)(C)C3)n1.Cn1ccc(NC(=O)c2cc(Oc3ccc(C(=O)N4CCC4)cc3)c3c(c2)OC(C)(C)C3)n1. The van der Waals surface area contributed by atoms with E-state index >= 15 is 0 Å². The second kappa shape index (κ2) is 41.3. The first-order chi connectivity index (χ1) is 64.0. The molecule has 0 unspecified atom stereocenters. The summed E-state index contributed by atoms with van der Waals surface area (Å²) in [6.45, 7) is 18.4. The number of hydrogen-bond donors (Lipinski definition) is 4. The number of amides is 8. The van der Waals surface area contributed by atoms with Crippen molar-refractivity contribution in [2.24, 2.45) is 28.2 Å². The number of rotatable bonds is 21. The van der Waals surface area contributed by atoms with Crippen molar-refractivity contribution in [3.05, 3.63) is 260 Å². The van der Waals surface area contributed by atoms with Crippen LogP contribution in [0.3, 0.4) is 0 Å². The van der Waals surface area contributed by atoms with Crippen molar-refractivity contribution in [2.45, 2.75) is 139 Å². The molecule has 6 aliphatic rings. The van der Waals surface area contributed by atoms with Crippen molar-refractivity contribution in [2.75, 3.05) is 75.1 Å². The van der Waals surface area contributed by atoms with Gasteiger partial charge >= 0.3 is 0 Å². The minimum atomic E-state index is -0.783. The average molecular weight is 1910 g/mol. The number of nitrogens with one attached hydrogen (secondary N) is 4. The van der Waals surface area contributed by atoms with Crippen LogP contribution in [0.1, 0.15) is 196 Å². The Morgan fingerprint density at radius 3 is 0.978 bits per heavy atom. The highest BCUT2D eigenvalue weighted by molar-refractivity contribution is 6.34. The molecule has 138 heavy (non-hydrogen) atoms. The summed E-state index contributed by atoms with van der Waals surface area (Å²) in [5.41, 5.74) is 3.75. The van der Waals surface area contributed by atoms with Gasteiger partial charge < -0.3 is 78.8 Å². The van der Waals surface area contributed by atoms with Crippen LogP contribution in [0.5, 0.6) is 69.0 Å². The van der Waals surface area contributed by atoms with Gasteiger partial charge in [0, 0.05) is 219 Å². The molecular weight excluding hydrogens is 1790 g/mol. The Bertz CT molecular complexity index is 6720. The van der Waals surface area contributed by atoms with Crippen molar-refractivity contribution in [3.8, 4) is 75.1 Å². The van der Waals surface area contributed by atoms with E-state index in [1.165, 1.54) is 36.2 Å². The topological polar surface area (TPSA) is 367 Å². The zero-order valence-corrected chi connectivity index (χ0v) is 77.8. The Balaban J connectivity index is 0.000000164. The van der Waals surface area contributed by atoms with Crippen LogP contribution in [0.4, 0.5) is 32.1 Å². The van der Waals surface area contributed by atoms with Crippen LogP contribution in [0.2, 0.25) is 5.02 Å². The lowest BCUT2D eigenvalue weighted by Gasteiger charge is -2.31. The summed E-state index contributed by atoms with van der Waals surface area (Å²) in [4.78, 5) is 107. The largest absolute Gasteiger partial charge is 0.487 e. The second-order valence-corrected chi connectivity index (χ2v) is 36.3. The molecule has 0 aliphatic carbocycles. The molecule has 0 saturated carbocycles. The quantitative estimate of drug-likeness (QED) is 0.0485.